The van der Waals surface area contributed by atoms with E-state index >= 15 is 0 Å². The van der Waals surface area contributed by atoms with Crippen molar-refractivity contribution in [2.45, 2.75) is 25.9 Å². The molecule has 1 aliphatic heterocycles. The summed E-state index contributed by atoms with van der Waals surface area (Å²) in [6.07, 6.45) is 0.877. The van der Waals surface area contributed by atoms with Gasteiger partial charge in [-0.15, -0.1) is 0 Å². The van der Waals surface area contributed by atoms with E-state index in [2.05, 4.69) is 17.1 Å². The molecule has 1 atom stereocenters. The van der Waals surface area contributed by atoms with Crippen LogP contribution >= 0.6 is 0 Å². The third kappa shape index (κ3) is 1.69. The number of nitrogens with one attached hydrogen (secondary N) is 1. The number of carbonyl (C=O) groups excluding carboxylic acids is 1. The van der Waals surface area contributed by atoms with Gasteiger partial charge in [-0.25, -0.2) is 0 Å². The van der Waals surface area contributed by atoms with Crippen molar-refractivity contribution in [2.24, 2.45) is 5.73 Å². The van der Waals surface area contributed by atoms with Gasteiger partial charge < -0.3 is 15.6 Å². The molecule has 0 saturated carbocycles. The van der Waals surface area contributed by atoms with Gasteiger partial charge in [-0.1, -0.05) is 18.2 Å². The molecule has 0 radical (unpaired) electrons. The Hall–Kier alpha value is -1.81. The fourth-order valence-electron chi connectivity index (χ4n) is 2.64. The monoisotopic (exact) mass is 243 g/mol. The Balaban J connectivity index is 1.99. The Bertz CT molecular complexity index is 600. The average molecular weight is 243 g/mol. The van der Waals surface area contributed by atoms with E-state index in [1.165, 1.54) is 16.6 Å². The molecular formula is C14H17N3O. The smallest absolute Gasteiger partial charge is 0.239 e. The molecule has 1 amide bonds. The molecule has 0 spiro atoms. The lowest BCUT2D eigenvalue weighted by molar-refractivity contribution is -0.133. The third-order valence-corrected chi connectivity index (χ3v) is 3.58. The minimum absolute atomic E-state index is 0.0333. The van der Waals surface area contributed by atoms with Crippen molar-refractivity contribution >= 4 is 16.8 Å². The fraction of sp³-hybridized carbons (Fsp3) is 0.357. The molecule has 0 aliphatic carbocycles. The van der Waals surface area contributed by atoms with Crippen molar-refractivity contribution in [3.8, 4) is 0 Å². The van der Waals surface area contributed by atoms with Crippen LogP contribution in [0.25, 0.3) is 10.9 Å². The zero-order valence-electron chi connectivity index (χ0n) is 10.4. The number of fused-ring (bicyclic) bond motifs is 3. The summed E-state index contributed by atoms with van der Waals surface area (Å²) in [5.41, 5.74) is 9.32. The number of hydrogen-bond acceptors (Lipinski definition) is 2. The molecule has 3 rings (SSSR count). The molecule has 4 heteroatoms. The van der Waals surface area contributed by atoms with Crippen molar-refractivity contribution in [3.63, 3.8) is 0 Å². The number of amides is 1. The van der Waals surface area contributed by atoms with Gasteiger partial charge in [0.1, 0.15) is 0 Å². The normalized spacial score (nSPS) is 16.7. The van der Waals surface area contributed by atoms with Gasteiger partial charge in [-0.05, 0) is 13.0 Å². The first-order chi connectivity index (χ1) is 8.66. The Labute approximate surface area is 106 Å². The van der Waals surface area contributed by atoms with Crippen molar-refractivity contribution in [3.05, 3.63) is 35.5 Å². The van der Waals surface area contributed by atoms with Crippen molar-refractivity contribution in [1.29, 1.82) is 0 Å². The zero-order chi connectivity index (χ0) is 12.7. The lowest BCUT2D eigenvalue weighted by atomic mass is 10.0. The molecule has 0 bridgehead atoms. The van der Waals surface area contributed by atoms with Crippen molar-refractivity contribution in [2.75, 3.05) is 6.54 Å². The molecule has 3 N–H and O–H groups in total. The first-order valence-corrected chi connectivity index (χ1v) is 6.29. The molecular weight excluding hydrogens is 226 g/mol. The van der Waals surface area contributed by atoms with E-state index in [0.717, 1.165) is 18.5 Å². The summed E-state index contributed by atoms with van der Waals surface area (Å²) in [6.45, 7) is 3.16. The maximum Gasteiger partial charge on any atom is 0.239 e. The summed E-state index contributed by atoms with van der Waals surface area (Å²) < 4.78 is 0. The lowest BCUT2D eigenvalue weighted by Gasteiger charge is -2.28. The maximum atomic E-state index is 12.0. The second-order valence-electron chi connectivity index (χ2n) is 4.93. The molecule has 1 aromatic carbocycles. The summed E-state index contributed by atoms with van der Waals surface area (Å²) in [5.74, 6) is 0.0333. The lowest BCUT2D eigenvalue weighted by Crippen LogP contribution is -2.44. The quantitative estimate of drug-likeness (QED) is 0.795. The van der Waals surface area contributed by atoms with Crippen LogP contribution in [0, 0.1) is 0 Å². The molecule has 0 saturated heterocycles. The van der Waals surface area contributed by atoms with Gasteiger partial charge in [0.2, 0.25) is 5.91 Å². The highest BCUT2D eigenvalue weighted by Crippen LogP contribution is 2.27. The summed E-state index contributed by atoms with van der Waals surface area (Å²) in [5, 5.41) is 1.22. The van der Waals surface area contributed by atoms with Gasteiger partial charge >= 0.3 is 0 Å². The van der Waals surface area contributed by atoms with Crippen LogP contribution in [0.2, 0.25) is 0 Å². The van der Waals surface area contributed by atoms with Crippen molar-refractivity contribution in [1.82, 2.24) is 9.88 Å². The number of carbonyl (C=O) groups is 1. The van der Waals surface area contributed by atoms with E-state index in [0.29, 0.717) is 6.54 Å². The van der Waals surface area contributed by atoms with Gasteiger partial charge in [-0.2, -0.15) is 0 Å². The van der Waals surface area contributed by atoms with E-state index in [4.69, 9.17) is 5.73 Å². The van der Waals surface area contributed by atoms with E-state index in [9.17, 15) is 4.79 Å². The average Bonchev–Trinajstić information content (AvgIpc) is 2.75. The van der Waals surface area contributed by atoms with Gasteiger partial charge in [0.05, 0.1) is 6.04 Å². The van der Waals surface area contributed by atoms with Gasteiger partial charge in [0.25, 0.3) is 0 Å². The van der Waals surface area contributed by atoms with Gasteiger partial charge in [0.15, 0.2) is 0 Å². The number of nitrogens with two attached hydrogens (primary N) is 1. The first-order valence-electron chi connectivity index (χ1n) is 6.29. The number of aromatic amines is 1. The van der Waals surface area contributed by atoms with Crippen molar-refractivity contribution < 1.29 is 4.79 Å². The SMILES string of the molecule is C[C@H](N)C(=O)N1CCc2[nH]c3ccccc3c2C1. The number of benzene rings is 1. The predicted octanol–water partition coefficient (Wildman–Crippen LogP) is 1.40. The zero-order valence-corrected chi connectivity index (χ0v) is 10.4. The number of hydrogen-bond donors (Lipinski definition) is 2. The number of para-hydroxylation sites is 1. The number of rotatable bonds is 1. The number of H-pyrrole nitrogens is 1. The van der Waals surface area contributed by atoms with Gasteiger partial charge in [0, 0.05) is 41.7 Å². The van der Waals surface area contributed by atoms with E-state index in [1.807, 2.05) is 17.0 Å². The molecule has 18 heavy (non-hydrogen) atoms. The molecule has 2 aromatic rings. The minimum atomic E-state index is -0.420. The Morgan fingerprint density at radius 3 is 3.00 bits per heavy atom. The summed E-state index contributed by atoms with van der Waals surface area (Å²) >= 11 is 0. The predicted molar refractivity (Wildman–Crippen MR) is 71.1 cm³/mol. The molecule has 4 nitrogen and oxygen atoms in total. The van der Waals surface area contributed by atoms with Crippen LogP contribution in [-0.2, 0) is 17.8 Å². The fourth-order valence-corrected chi connectivity index (χ4v) is 2.64. The minimum Gasteiger partial charge on any atom is -0.358 e. The molecule has 0 unspecified atom stereocenters. The Morgan fingerprint density at radius 2 is 2.22 bits per heavy atom. The highest BCUT2D eigenvalue weighted by atomic mass is 16.2. The van der Waals surface area contributed by atoms with Crippen LogP contribution in [0.5, 0.6) is 0 Å². The summed E-state index contributed by atoms with van der Waals surface area (Å²) in [7, 11) is 0. The molecule has 1 aliphatic rings. The standard InChI is InChI=1S/C14H17N3O/c1-9(15)14(18)17-7-6-13-11(8-17)10-4-2-3-5-12(10)16-13/h2-5,9,16H,6-8,15H2,1H3/t9-/m0/s1. The topological polar surface area (TPSA) is 62.1 Å². The molecule has 2 heterocycles. The summed E-state index contributed by atoms with van der Waals surface area (Å²) in [6, 6.07) is 7.81. The van der Waals surface area contributed by atoms with E-state index in [1.54, 1.807) is 6.92 Å². The van der Waals surface area contributed by atoms with Crippen LogP contribution < -0.4 is 5.73 Å². The first kappa shape index (κ1) is 11.3. The van der Waals surface area contributed by atoms with Crippen LogP contribution in [0.1, 0.15) is 18.2 Å². The summed E-state index contributed by atoms with van der Waals surface area (Å²) in [4.78, 5) is 17.2. The third-order valence-electron chi connectivity index (χ3n) is 3.58. The number of aromatic nitrogens is 1. The highest BCUT2D eigenvalue weighted by molar-refractivity contribution is 5.86. The second kappa shape index (κ2) is 4.14. The molecule has 0 fully saturated rings. The van der Waals surface area contributed by atoms with E-state index in [-0.39, 0.29) is 5.91 Å². The van der Waals surface area contributed by atoms with Crippen LogP contribution in [0.15, 0.2) is 24.3 Å². The Morgan fingerprint density at radius 1 is 1.44 bits per heavy atom. The second-order valence-corrected chi connectivity index (χ2v) is 4.93. The molecule has 1 aromatic heterocycles. The Kier molecular flexibility index (Phi) is 2.59. The largest absolute Gasteiger partial charge is 0.358 e. The number of nitrogens with zero attached hydrogens (tertiary/aromatic N) is 1. The van der Waals surface area contributed by atoms with Crippen LogP contribution in [-0.4, -0.2) is 28.4 Å². The molecule has 94 valence electrons. The van der Waals surface area contributed by atoms with Gasteiger partial charge in [-0.3, -0.25) is 4.79 Å². The van der Waals surface area contributed by atoms with Crippen LogP contribution in [0.4, 0.5) is 0 Å². The van der Waals surface area contributed by atoms with E-state index < -0.39 is 6.04 Å². The maximum absolute atomic E-state index is 12.0. The highest BCUT2D eigenvalue weighted by Gasteiger charge is 2.25. The van der Waals surface area contributed by atoms with Crippen LogP contribution in [0.3, 0.4) is 0 Å².